The van der Waals surface area contributed by atoms with Gasteiger partial charge in [-0.05, 0) is 24.8 Å². The lowest BCUT2D eigenvalue weighted by Gasteiger charge is -2.21. The van der Waals surface area contributed by atoms with Crippen molar-refractivity contribution in [3.8, 4) is 0 Å². The van der Waals surface area contributed by atoms with Gasteiger partial charge in [0.1, 0.15) is 0 Å². The standard InChI is InChI=1S/C8H15NO/c1-5-6-3-9(2)7(4-10)8(5)6/h5-8,10H,3-4H2,1-2H3. The van der Waals surface area contributed by atoms with Crippen LogP contribution in [0.15, 0.2) is 0 Å². The largest absolute Gasteiger partial charge is 0.395 e. The molecule has 0 bridgehead atoms. The first-order valence-corrected chi connectivity index (χ1v) is 4.07. The van der Waals surface area contributed by atoms with E-state index in [0.29, 0.717) is 12.6 Å². The van der Waals surface area contributed by atoms with Gasteiger partial charge in [-0.3, -0.25) is 0 Å². The van der Waals surface area contributed by atoms with Crippen LogP contribution < -0.4 is 0 Å². The molecule has 1 heterocycles. The summed E-state index contributed by atoms with van der Waals surface area (Å²) in [7, 11) is 2.11. The average molecular weight is 141 g/mol. The van der Waals surface area contributed by atoms with Crippen LogP contribution in [0.1, 0.15) is 6.92 Å². The van der Waals surface area contributed by atoms with Crippen molar-refractivity contribution in [3.63, 3.8) is 0 Å². The van der Waals surface area contributed by atoms with Crippen molar-refractivity contribution in [1.82, 2.24) is 4.90 Å². The molecule has 0 aromatic carbocycles. The van der Waals surface area contributed by atoms with E-state index in [2.05, 4.69) is 18.9 Å². The van der Waals surface area contributed by atoms with Crippen molar-refractivity contribution in [2.75, 3.05) is 20.2 Å². The fraction of sp³-hybridized carbons (Fsp3) is 1.00. The quantitative estimate of drug-likeness (QED) is 0.563. The Bertz CT molecular complexity index is 148. The lowest BCUT2D eigenvalue weighted by atomic mass is 10.2. The van der Waals surface area contributed by atoms with E-state index < -0.39 is 0 Å². The van der Waals surface area contributed by atoms with Crippen molar-refractivity contribution < 1.29 is 5.11 Å². The van der Waals surface area contributed by atoms with Crippen LogP contribution in [0.4, 0.5) is 0 Å². The molecule has 2 aliphatic rings. The number of rotatable bonds is 1. The Morgan fingerprint density at radius 2 is 2.30 bits per heavy atom. The summed E-state index contributed by atoms with van der Waals surface area (Å²) in [6.45, 7) is 3.85. The lowest BCUT2D eigenvalue weighted by Crippen LogP contribution is -2.33. The van der Waals surface area contributed by atoms with Gasteiger partial charge in [0.15, 0.2) is 0 Å². The molecule has 2 heteroatoms. The molecule has 2 fully saturated rings. The molecule has 0 aromatic heterocycles. The monoisotopic (exact) mass is 141 g/mol. The number of fused-ring (bicyclic) bond motifs is 1. The van der Waals surface area contributed by atoms with E-state index in [-0.39, 0.29) is 0 Å². The number of hydrogen-bond acceptors (Lipinski definition) is 2. The fourth-order valence-electron chi connectivity index (χ4n) is 2.53. The summed E-state index contributed by atoms with van der Waals surface area (Å²) >= 11 is 0. The number of likely N-dealkylation sites (tertiary alicyclic amines) is 1. The molecule has 2 nitrogen and oxygen atoms in total. The zero-order valence-corrected chi connectivity index (χ0v) is 6.62. The van der Waals surface area contributed by atoms with Crippen LogP contribution >= 0.6 is 0 Å². The van der Waals surface area contributed by atoms with Gasteiger partial charge in [-0.2, -0.15) is 0 Å². The molecule has 58 valence electrons. The maximum absolute atomic E-state index is 9.01. The Kier molecular flexibility index (Phi) is 1.29. The van der Waals surface area contributed by atoms with Gasteiger partial charge in [0.05, 0.1) is 6.61 Å². The topological polar surface area (TPSA) is 23.5 Å². The van der Waals surface area contributed by atoms with Gasteiger partial charge in [0.2, 0.25) is 0 Å². The fourth-order valence-corrected chi connectivity index (χ4v) is 2.53. The van der Waals surface area contributed by atoms with E-state index >= 15 is 0 Å². The highest BCUT2D eigenvalue weighted by molar-refractivity contribution is 5.07. The lowest BCUT2D eigenvalue weighted by molar-refractivity contribution is 0.152. The van der Waals surface area contributed by atoms with Gasteiger partial charge in [0, 0.05) is 12.6 Å². The van der Waals surface area contributed by atoms with Crippen molar-refractivity contribution in [2.24, 2.45) is 17.8 Å². The van der Waals surface area contributed by atoms with E-state index in [1.54, 1.807) is 0 Å². The second-order valence-corrected chi connectivity index (χ2v) is 3.79. The van der Waals surface area contributed by atoms with Crippen LogP contribution in [-0.2, 0) is 0 Å². The summed E-state index contributed by atoms with van der Waals surface area (Å²) in [6.07, 6.45) is 0. The summed E-state index contributed by atoms with van der Waals surface area (Å²) in [6, 6.07) is 0.472. The molecule has 1 aliphatic carbocycles. The minimum atomic E-state index is 0.349. The molecule has 1 N–H and O–H groups in total. The van der Waals surface area contributed by atoms with E-state index in [4.69, 9.17) is 5.11 Å². The van der Waals surface area contributed by atoms with Crippen LogP contribution in [0.3, 0.4) is 0 Å². The van der Waals surface area contributed by atoms with Crippen LogP contribution in [0.25, 0.3) is 0 Å². The minimum absolute atomic E-state index is 0.349. The highest BCUT2D eigenvalue weighted by Crippen LogP contribution is 2.54. The second kappa shape index (κ2) is 1.95. The van der Waals surface area contributed by atoms with Crippen LogP contribution in [0.5, 0.6) is 0 Å². The van der Waals surface area contributed by atoms with Gasteiger partial charge in [-0.25, -0.2) is 0 Å². The third kappa shape index (κ3) is 0.663. The van der Waals surface area contributed by atoms with Gasteiger partial charge >= 0.3 is 0 Å². The Hall–Kier alpha value is -0.0800. The Morgan fingerprint density at radius 1 is 1.60 bits per heavy atom. The van der Waals surface area contributed by atoms with Crippen LogP contribution in [0, 0.1) is 17.8 Å². The second-order valence-electron chi connectivity index (χ2n) is 3.79. The highest BCUT2D eigenvalue weighted by Gasteiger charge is 2.57. The molecule has 2 rings (SSSR count). The van der Waals surface area contributed by atoms with E-state index in [9.17, 15) is 0 Å². The first-order chi connectivity index (χ1) is 4.75. The molecule has 1 aliphatic heterocycles. The Balaban J connectivity index is 2.04. The van der Waals surface area contributed by atoms with Gasteiger partial charge in [-0.15, -0.1) is 0 Å². The number of likely N-dealkylation sites (N-methyl/N-ethyl adjacent to an activating group) is 1. The molecule has 1 saturated heterocycles. The molecular formula is C8H15NO. The summed E-state index contributed by atoms with van der Waals surface area (Å²) in [4.78, 5) is 2.29. The zero-order chi connectivity index (χ0) is 7.30. The molecule has 10 heavy (non-hydrogen) atoms. The van der Waals surface area contributed by atoms with Gasteiger partial charge < -0.3 is 10.0 Å². The van der Waals surface area contributed by atoms with Crippen LogP contribution in [0.2, 0.25) is 0 Å². The molecular weight excluding hydrogens is 126 g/mol. The maximum atomic E-state index is 9.01. The Morgan fingerprint density at radius 3 is 2.70 bits per heavy atom. The summed E-state index contributed by atoms with van der Waals surface area (Å²) < 4.78 is 0. The molecule has 0 spiro atoms. The first kappa shape index (κ1) is 6.62. The number of hydrogen-bond donors (Lipinski definition) is 1. The average Bonchev–Trinajstić information content (AvgIpc) is 2.45. The summed E-state index contributed by atoms with van der Waals surface area (Å²) in [5.41, 5.74) is 0. The zero-order valence-electron chi connectivity index (χ0n) is 6.62. The van der Waals surface area contributed by atoms with Crippen molar-refractivity contribution >= 4 is 0 Å². The van der Waals surface area contributed by atoms with E-state index in [1.165, 1.54) is 6.54 Å². The normalized spacial score (nSPS) is 53.1. The maximum Gasteiger partial charge on any atom is 0.0589 e. The predicted octanol–water partition coefficient (Wildman–Crippen LogP) is 0.175. The summed E-state index contributed by atoms with van der Waals surface area (Å²) in [5.74, 6) is 2.60. The number of aliphatic hydroxyl groups is 1. The third-order valence-electron chi connectivity index (χ3n) is 3.33. The molecule has 0 radical (unpaired) electrons. The molecule has 4 atom stereocenters. The summed E-state index contributed by atoms with van der Waals surface area (Å²) in [5, 5.41) is 9.01. The number of aliphatic hydroxyl groups excluding tert-OH is 1. The van der Waals surface area contributed by atoms with Crippen molar-refractivity contribution in [2.45, 2.75) is 13.0 Å². The minimum Gasteiger partial charge on any atom is -0.395 e. The number of piperidine rings is 1. The highest BCUT2D eigenvalue weighted by atomic mass is 16.3. The molecule has 4 unspecified atom stereocenters. The number of nitrogens with zero attached hydrogens (tertiary/aromatic N) is 1. The first-order valence-electron chi connectivity index (χ1n) is 4.07. The molecule has 0 amide bonds. The Labute approximate surface area is 61.8 Å². The molecule has 1 saturated carbocycles. The predicted molar refractivity (Wildman–Crippen MR) is 39.6 cm³/mol. The third-order valence-corrected chi connectivity index (χ3v) is 3.33. The van der Waals surface area contributed by atoms with Crippen molar-refractivity contribution in [1.29, 1.82) is 0 Å². The van der Waals surface area contributed by atoms with Gasteiger partial charge in [-0.1, -0.05) is 6.92 Å². The van der Waals surface area contributed by atoms with Crippen molar-refractivity contribution in [3.05, 3.63) is 0 Å². The SMILES string of the molecule is CC1C2CN(C)C(CO)C12. The molecule has 0 aromatic rings. The van der Waals surface area contributed by atoms with E-state index in [1.807, 2.05) is 0 Å². The van der Waals surface area contributed by atoms with Gasteiger partial charge in [0.25, 0.3) is 0 Å². The van der Waals surface area contributed by atoms with Crippen LogP contribution in [-0.4, -0.2) is 36.2 Å². The smallest absolute Gasteiger partial charge is 0.0589 e. The van der Waals surface area contributed by atoms with E-state index in [0.717, 1.165) is 17.8 Å².